The number of morpholine rings is 1. The number of carbonyl (C=O) groups excluding carboxylic acids is 2. The summed E-state index contributed by atoms with van der Waals surface area (Å²) in [6.45, 7) is 3.62. The highest BCUT2D eigenvalue weighted by atomic mass is 35.5. The Morgan fingerprint density at radius 2 is 2.07 bits per heavy atom. The van der Waals surface area contributed by atoms with Crippen LogP contribution in [0.15, 0.2) is 18.2 Å². The summed E-state index contributed by atoms with van der Waals surface area (Å²) in [6.07, 6.45) is 0.190. The van der Waals surface area contributed by atoms with Crippen LogP contribution in [0.5, 0.6) is 5.75 Å². The Hall–Kier alpha value is -1.83. The molecule has 3 aliphatic rings. The summed E-state index contributed by atoms with van der Waals surface area (Å²) >= 11 is 6.10. The highest BCUT2D eigenvalue weighted by Gasteiger charge is 2.63. The molecule has 2 bridgehead atoms. The van der Waals surface area contributed by atoms with Crippen molar-refractivity contribution in [1.29, 1.82) is 0 Å². The Balaban J connectivity index is 1.63. The zero-order valence-corrected chi connectivity index (χ0v) is 16.8. The summed E-state index contributed by atoms with van der Waals surface area (Å²) in [5.41, 5.74) is -0.216. The van der Waals surface area contributed by atoms with E-state index in [1.807, 2.05) is 6.92 Å². The maximum absolute atomic E-state index is 13.3. The van der Waals surface area contributed by atoms with Crippen molar-refractivity contribution in [2.75, 3.05) is 39.9 Å². The lowest BCUT2D eigenvalue weighted by molar-refractivity contribution is -0.136. The first-order chi connectivity index (χ1) is 13.4. The molecular weight excluding hydrogens is 384 g/mol. The first-order valence-electron chi connectivity index (χ1n) is 9.61. The first kappa shape index (κ1) is 19.5. The van der Waals surface area contributed by atoms with Gasteiger partial charge < -0.3 is 24.4 Å². The maximum atomic E-state index is 13.3. The molecule has 0 radical (unpaired) electrons. The zero-order valence-electron chi connectivity index (χ0n) is 16.1. The van der Waals surface area contributed by atoms with E-state index >= 15 is 0 Å². The monoisotopic (exact) mass is 408 g/mol. The van der Waals surface area contributed by atoms with E-state index in [2.05, 4.69) is 0 Å². The average molecular weight is 409 g/mol. The topological polar surface area (TPSA) is 79.3 Å². The Labute approximate surface area is 169 Å². The van der Waals surface area contributed by atoms with E-state index in [0.29, 0.717) is 48.9 Å². The summed E-state index contributed by atoms with van der Waals surface area (Å²) in [5.74, 6) is 0.297. The molecule has 4 rings (SSSR count). The fourth-order valence-corrected chi connectivity index (χ4v) is 5.19. The number of methoxy groups -OCH3 is 1. The molecule has 3 heterocycles. The van der Waals surface area contributed by atoms with Gasteiger partial charge in [-0.15, -0.1) is 0 Å². The van der Waals surface area contributed by atoms with Crippen molar-refractivity contribution in [3.05, 3.63) is 28.8 Å². The SMILES string of the molecule is CCC(=O)N1C[C@@H]2[C@H](CO)[C@H]3CN(C(=O)c4cc(Cl)ccc4OC)C[C@]2(C1)O3. The third kappa shape index (κ3) is 2.96. The van der Waals surface area contributed by atoms with Gasteiger partial charge in [-0.2, -0.15) is 0 Å². The van der Waals surface area contributed by atoms with Crippen LogP contribution in [-0.2, 0) is 9.53 Å². The van der Waals surface area contributed by atoms with Crippen molar-refractivity contribution in [3.8, 4) is 5.75 Å². The summed E-state index contributed by atoms with van der Waals surface area (Å²) < 4.78 is 11.7. The van der Waals surface area contributed by atoms with Crippen LogP contribution >= 0.6 is 11.6 Å². The second-order valence-corrected chi connectivity index (χ2v) is 8.27. The van der Waals surface area contributed by atoms with Crippen molar-refractivity contribution in [3.63, 3.8) is 0 Å². The number of fused-ring (bicyclic) bond motifs is 1. The van der Waals surface area contributed by atoms with Gasteiger partial charge in [0.1, 0.15) is 11.4 Å². The zero-order chi connectivity index (χ0) is 20.1. The molecular formula is C20H25ClN2O5. The van der Waals surface area contributed by atoms with Gasteiger partial charge in [-0.25, -0.2) is 0 Å². The molecule has 1 spiro atoms. The van der Waals surface area contributed by atoms with Gasteiger partial charge in [0.25, 0.3) is 5.91 Å². The number of carbonyl (C=O) groups is 2. The van der Waals surface area contributed by atoms with E-state index in [1.54, 1.807) is 28.0 Å². The van der Waals surface area contributed by atoms with Crippen molar-refractivity contribution in [2.24, 2.45) is 11.8 Å². The predicted octanol–water partition coefficient (Wildman–Crippen LogP) is 1.42. The fourth-order valence-electron chi connectivity index (χ4n) is 5.02. The second-order valence-electron chi connectivity index (χ2n) is 7.83. The second kappa shape index (κ2) is 7.21. The van der Waals surface area contributed by atoms with Crippen LogP contribution in [-0.4, -0.2) is 78.3 Å². The molecule has 0 aromatic heterocycles. The molecule has 152 valence electrons. The van der Waals surface area contributed by atoms with Crippen LogP contribution in [0.4, 0.5) is 0 Å². The lowest BCUT2D eigenvalue weighted by atomic mass is 9.83. The molecule has 2 amide bonds. The van der Waals surface area contributed by atoms with E-state index in [9.17, 15) is 14.7 Å². The van der Waals surface area contributed by atoms with Gasteiger partial charge >= 0.3 is 0 Å². The van der Waals surface area contributed by atoms with E-state index in [4.69, 9.17) is 21.1 Å². The van der Waals surface area contributed by atoms with Crippen molar-refractivity contribution >= 4 is 23.4 Å². The van der Waals surface area contributed by atoms with Crippen LogP contribution < -0.4 is 4.74 Å². The van der Waals surface area contributed by atoms with Gasteiger partial charge in [-0.1, -0.05) is 18.5 Å². The van der Waals surface area contributed by atoms with Gasteiger partial charge in [-0.05, 0) is 18.2 Å². The molecule has 0 unspecified atom stereocenters. The minimum absolute atomic E-state index is 0.0201. The highest BCUT2D eigenvalue weighted by Crippen LogP contribution is 2.49. The van der Waals surface area contributed by atoms with Crippen LogP contribution in [0.3, 0.4) is 0 Å². The van der Waals surface area contributed by atoms with E-state index in [0.717, 1.165) is 0 Å². The first-order valence-corrected chi connectivity index (χ1v) is 9.99. The molecule has 3 fully saturated rings. The molecule has 3 aliphatic heterocycles. The van der Waals surface area contributed by atoms with Gasteiger partial charge in [-0.3, -0.25) is 9.59 Å². The number of hydrogen-bond donors (Lipinski definition) is 1. The van der Waals surface area contributed by atoms with E-state index in [1.165, 1.54) is 7.11 Å². The quantitative estimate of drug-likeness (QED) is 0.815. The lowest BCUT2D eigenvalue weighted by Crippen LogP contribution is -2.56. The molecule has 7 nitrogen and oxygen atoms in total. The number of nitrogens with zero attached hydrogens (tertiary/aromatic N) is 2. The Morgan fingerprint density at radius 1 is 1.32 bits per heavy atom. The number of aliphatic hydroxyl groups excluding tert-OH is 1. The largest absolute Gasteiger partial charge is 0.496 e. The maximum Gasteiger partial charge on any atom is 0.257 e. The number of benzene rings is 1. The number of rotatable bonds is 4. The molecule has 0 aliphatic carbocycles. The smallest absolute Gasteiger partial charge is 0.257 e. The summed E-state index contributed by atoms with van der Waals surface area (Å²) in [7, 11) is 1.52. The van der Waals surface area contributed by atoms with Crippen molar-refractivity contribution < 1.29 is 24.2 Å². The molecule has 3 saturated heterocycles. The summed E-state index contributed by atoms with van der Waals surface area (Å²) in [5, 5.41) is 10.4. The lowest BCUT2D eigenvalue weighted by Gasteiger charge is -2.40. The minimum Gasteiger partial charge on any atom is -0.496 e. The third-order valence-corrected chi connectivity index (χ3v) is 6.57. The number of amides is 2. The molecule has 8 heteroatoms. The van der Waals surface area contributed by atoms with Gasteiger partial charge in [0.05, 0.1) is 31.9 Å². The van der Waals surface area contributed by atoms with Gasteiger partial charge in [0.15, 0.2) is 0 Å². The number of ether oxygens (including phenoxy) is 2. The molecule has 28 heavy (non-hydrogen) atoms. The van der Waals surface area contributed by atoms with Crippen LogP contribution in [0.2, 0.25) is 5.02 Å². The molecule has 1 N–H and O–H groups in total. The van der Waals surface area contributed by atoms with Crippen molar-refractivity contribution in [1.82, 2.24) is 9.80 Å². The average Bonchev–Trinajstić information content (AvgIpc) is 3.14. The summed E-state index contributed by atoms with van der Waals surface area (Å²) in [4.78, 5) is 29.1. The van der Waals surface area contributed by atoms with Crippen molar-refractivity contribution in [2.45, 2.75) is 25.0 Å². The Morgan fingerprint density at radius 3 is 2.75 bits per heavy atom. The van der Waals surface area contributed by atoms with Crippen LogP contribution in [0.25, 0.3) is 0 Å². The fraction of sp³-hybridized carbons (Fsp3) is 0.600. The normalized spacial score (nSPS) is 31.1. The number of halogens is 1. The minimum atomic E-state index is -0.622. The van der Waals surface area contributed by atoms with Crippen LogP contribution in [0, 0.1) is 11.8 Å². The molecule has 1 aromatic rings. The predicted molar refractivity (Wildman–Crippen MR) is 102 cm³/mol. The Kier molecular flexibility index (Phi) is 5.02. The highest BCUT2D eigenvalue weighted by molar-refractivity contribution is 6.31. The van der Waals surface area contributed by atoms with Gasteiger partial charge in [0, 0.05) is 43.0 Å². The van der Waals surface area contributed by atoms with E-state index in [-0.39, 0.29) is 36.4 Å². The van der Waals surface area contributed by atoms with E-state index < -0.39 is 5.60 Å². The molecule has 4 atom stereocenters. The molecule has 0 saturated carbocycles. The number of hydrogen-bond acceptors (Lipinski definition) is 5. The van der Waals surface area contributed by atoms with Gasteiger partial charge in [0.2, 0.25) is 5.91 Å². The summed E-state index contributed by atoms with van der Waals surface area (Å²) in [6, 6.07) is 4.97. The standard InChI is InChI=1S/C20H25ClN2O5/c1-3-18(25)22-7-15-14(9-24)17-8-23(11-20(15,10-22)28-17)19(26)13-6-12(21)4-5-16(13)27-2/h4-6,14-15,17,24H,3,7-11H2,1-2H3/t14-,15+,17+,20-/m0/s1. The van der Waals surface area contributed by atoms with Crippen LogP contribution in [0.1, 0.15) is 23.7 Å². The Bertz CT molecular complexity index is 803. The number of likely N-dealkylation sites (tertiary alicyclic amines) is 2. The third-order valence-electron chi connectivity index (χ3n) is 6.34. The number of aliphatic hydroxyl groups is 1. The molecule has 1 aromatic carbocycles.